The monoisotopic (exact) mass is 342 g/mol. The van der Waals surface area contributed by atoms with Gasteiger partial charge in [0, 0.05) is 0 Å². The van der Waals surface area contributed by atoms with E-state index in [-0.39, 0.29) is 5.41 Å². The van der Waals surface area contributed by atoms with Crippen molar-refractivity contribution in [3.63, 3.8) is 0 Å². The molecule has 0 fully saturated rings. The Morgan fingerprint density at radius 1 is 1.08 bits per heavy atom. The van der Waals surface area contributed by atoms with E-state index in [2.05, 4.69) is 72.0 Å². The van der Waals surface area contributed by atoms with Crippen molar-refractivity contribution >= 4 is 0 Å². The lowest BCUT2D eigenvalue weighted by molar-refractivity contribution is 0.210. The maximum absolute atomic E-state index is 5.82. The predicted octanol–water partition coefficient (Wildman–Crippen LogP) is 7.66. The van der Waals surface area contributed by atoms with E-state index in [9.17, 15) is 0 Å². The molecule has 0 heterocycles. The zero-order valence-corrected chi connectivity index (χ0v) is 17.4. The summed E-state index contributed by atoms with van der Waals surface area (Å²) in [5, 5.41) is 0. The Kier molecular flexibility index (Phi) is 10.9. The van der Waals surface area contributed by atoms with E-state index < -0.39 is 0 Å². The van der Waals surface area contributed by atoms with Crippen LogP contribution >= 0.6 is 0 Å². The van der Waals surface area contributed by atoms with Gasteiger partial charge in [0.1, 0.15) is 12.4 Å². The molecule has 0 N–H and O–H groups in total. The molecule has 1 heteroatoms. The molecule has 1 aromatic carbocycles. The fourth-order valence-electron chi connectivity index (χ4n) is 2.87. The van der Waals surface area contributed by atoms with E-state index in [0.717, 1.165) is 5.76 Å². The first-order valence-corrected chi connectivity index (χ1v) is 9.28. The highest BCUT2D eigenvalue weighted by molar-refractivity contribution is 5.27. The van der Waals surface area contributed by atoms with Gasteiger partial charge in [-0.25, -0.2) is 0 Å². The van der Waals surface area contributed by atoms with Crippen LogP contribution in [0.15, 0.2) is 61.4 Å². The lowest BCUT2D eigenvalue weighted by Gasteiger charge is -2.32. The molecule has 1 atom stereocenters. The Hall–Kier alpha value is -1.76. The molecule has 140 valence electrons. The molecule has 1 nitrogen and oxygen atoms in total. The third kappa shape index (κ3) is 8.77. The fraction of sp³-hybridized carbons (Fsp3) is 0.500. The van der Waals surface area contributed by atoms with Gasteiger partial charge in [-0.05, 0) is 60.8 Å². The summed E-state index contributed by atoms with van der Waals surface area (Å²) in [4.78, 5) is 0. The number of hydrogen-bond donors (Lipinski definition) is 0. The maximum Gasteiger partial charge on any atom is 0.115 e. The Labute approximate surface area is 156 Å². The smallest absolute Gasteiger partial charge is 0.115 e. The number of rotatable bonds is 7. The number of ether oxygens (including phenoxy) is 1. The van der Waals surface area contributed by atoms with Crippen LogP contribution in [0.1, 0.15) is 71.9 Å². The molecule has 0 spiro atoms. The Morgan fingerprint density at radius 3 is 2.04 bits per heavy atom. The van der Waals surface area contributed by atoms with E-state index in [1.807, 2.05) is 32.1 Å². The van der Waals surface area contributed by atoms with Crippen LogP contribution in [0.2, 0.25) is 0 Å². The average Bonchev–Trinajstić information content (AvgIpc) is 2.58. The SMILES string of the molecule is C/C=C\C(=C/C)OCc1ccc(C(CC(C)C)C(C)(C)C)cc1.C=C. The quantitative estimate of drug-likeness (QED) is 0.281. The second-order valence-electron chi connectivity index (χ2n) is 7.77. The third-order valence-corrected chi connectivity index (χ3v) is 4.16. The van der Waals surface area contributed by atoms with Gasteiger partial charge in [-0.3, -0.25) is 0 Å². The third-order valence-electron chi connectivity index (χ3n) is 4.16. The minimum atomic E-state index is 0.284. The second kappa shape index (κ2) is 11.7. The normalized spacial score (nSPS) is 13.5. The first kappa shape index (κ1) is 23.2. The van der Waals surface area contributed by atoms with Crippen molar-refractivity contribution in [1.82, 2.24) is 0 Å². The highest BCUT2D eigenvalue weighted by Crippen LogP contribution is 2.39. The fourth-order valence-corrected chi connectivity index (χ4v) is 2.87. The van der Waals surface area contributed by atoms with Crippen LogP contribution < -0.4 is 0 Å². The summed E-state index contributed by atoms with van der Waals surface area (Å²) in [7, 11) is 0. The molecule has 0 aromatic heterocycles. The molecular formula is C24H38O. The molecule has 1 aromatic rings. The summed E-state index contributed by atoms with van der Waals surface area (Å²) in [6.07, 6.45) is 7.21. The lowest BCUT2D eigenvalue weighted by atomic mass is 9.72. The Balaban J connectivity index is 0.00000277. The molecule has 1 rings (SSSR count). The molecule has 0 aliphatic heterocycles. The molecule has 0 saturated carbocycles. The van der Waals surface area contributed by atoms with Gasteiger partial charge >= 0.3 is 0 Å². The van der Waals surface area contributed by atoms with Crippen LogP contribution in [-0.2, 0) is 11.3 Å². The average molecular weight is 343 g/mol. The van der Waals surface area contributed by atoms with Gasteiger partial charge in [0.15, 0.2) is 0 Å². The Bertz CT molecular complexity index is 526. The van der Waals surface area contributed by atoms with Crippen LogP contribution in [-0.4, -0.2) is 0 Å². The standard InChI is InChI=1S/C22H34O.C2H4/c1-8-10-20(9-2)23-16-18-11-13-19(14-12-18)21(15-17(3)4)22(5,6)7;1-2/h8-14,17,21H,15-16H2,1-7H3;1-2H2/b10-8-,20-9+;. The summed E-state index contributed by atoms with van der Waals surface area (Å²) >= 11 is 0. The summed E-state index contributed by atoms with van der Waals surface area (Å²) in [6.45, 7) is 22.3. The molecule has 0 aliphatic carbocycles. The van der Waals surface area contributed by atoms with Crippen molar-refractivity contribution < 1.29 is 4.74 Å². The van der Waals surface area contributed by atoms with Crippen LogP contribution in [0, 0.1) is 11.3 Å². The first-order valence-electron chi connectivity index (χ1n) is 9.28. The van der Waals surface area contributed by atoms with Crippen LogP contribution in [0.25, 0.3) is 0 Å². The minimum absolute atomic E-state index is 0.284. The maximum atomic E-state index is 5.82. The predicted molar refractivity (Wildman–Crippen MR) is 113 cm³/mol. The molecular weight excluding hydrogens is 304 g/mol. The summed E-state index contributed by atoms with van der Waals surface area (Å²) in [6, 6.07) is 8.97. The van der Waals surface area contributed by atoms with Gasteiger partial charge in [0.05, 0.1) is 0 Å². The van der Waals surface area contributed by atoms with Crippen molar-refractivity contribution in [2.75, 3.05) is 0 Å². The van der Waals surface area contributed by atoms with E-state index in [1.165, 1.54) is 17.5 Å². The van der Waals surface area contributed by atoms with Gasteiger partial charge in [0.25, 0.3) is 0 Å². The topological polar surface area (TPSA) is 9.23 Å². The molecule has 0 bridgehead atoms. The number of benzene rings is 1. The van der Waals surface area contributed by atoms with Gasteiger partial charge in [-0.2, -0.15) is 0 Å². The highest BCUT2D eigenvalue weighted by atomic mass is 16.5. The molecule has 0 aliphatic rings. The van der Waals surface area contributed by atoms with E-state index >= 15 is 0 Å². The van der Waals surface area contributed by atoms with Crippen molar-refractivity contribution in [1.29, 1.82) is 0 Å². The van der Waals surface area contributed by atoms with Gasteiger partial charge < -0.3 is 4.74 Å². The molecule has 1 unspecified atom stereocenters. The summed E-state index contributed by atoms with van der Waals surface area (Å²) < 4.78 is 5.82. The van der Waals surface area contributed by atoms with Crippen molar-refractivity contribution in [2.45, 2.75) is 67.4 Å². The van der Waals surface area contributed by atoms with E-state index in [4.69, 9.17) is 4.74 Å². The van der Waals surface area contributed by atoms with Gasteiger partial charge in [-0.1, -0.05) is 65.0 Å². The van der Waals surface area contributed by atoms with E-state index in [1.54, 1.807) is 0 Å². The van der Waals surface area contributed by atoms with Crippen molar-refractivity contribution in [2.24, 2.45) is 11.3 Å². The largest absolute Gasteiger partial charge is 0.489 e. The Morgan fingerprint density at radius 2 is 1.64 bits per heavy atom. The number of hydrogen-bond acceptors (Lipinski definition) is 1. The van der Waals surface area contributed by atoms with Crippen LogP contribution in [0.5, 0.6) is 0 Å². The van der Waals surface area contributed by atoms with Crippen molar-refractivity contribution in [3.05, 3.63) is 72.5 Å². The van der Waals surface area contributed by atoms with Crippen LogP contribution in [0.3, 0.4) is 0 Å². The molecule has 25 heavy (non-hydrogen) atoms. The summed E-state index contributed by atoms with van der Waals surface area (Å²) in [5.74, 6) is 2.22. The number of allylic oxidation sites excluding steroid dienone is 3. The summed E-state index contributed by atoms with van der Waals surface area (Å²) in [5.41, 5.74) is 2.94. The van der Waals surface area contributed by atoms with E-state index in [0.29, 0.717) is 18.4 Å². The van der Waals surface area contributed by atoms with Gasteiger partial charge in [0.2, 0.25) is 0 Å². The van der Waals surface area contributed by atoms with Gasteiger partial charge in [-0.15, -0.1) is 13.2 Å². The second-order valence-corrected chi connectivity index (χ2v) is 7.77. The highest BCUT2D eigenvalue weighted by Gasteiger charge is 2.26. The molecule has 0 radical (unpaired) electrons. The zero-order valence-electron chi connectivity index (χ0n) is 17.4. The molecule has 0 amide bonds. The molecule has 0 saturated heterocycles. The minimum Gasteiger partial charge on any atom is -0.489 e. The zero-order chi connectivity index (χ0) is 19.5. The first-order chi connectivity index (χ1) is 11.8. The van der Waals surface area contributed by atoms with Crippen LogP contribution in [0.4, 0.5) is 0 Å². The van der Waals surface area contributed by atoms with Crippen molar-refractivity contribution in [3.8, 4) is 0 Å². The lowest BCUT2D eigenvalue weighted by Crippen LogP contribution is -2.20.